The van der Waals surface area contributed by atoms with Gasteiger partial charge in [-0.3, -0.25) is 4.79 Å². The molecule has 0 aliphatic rings. The maximum atomic E-state index is 11.6. The van der Waals surface area contributed by atoms with Crippen LogP contribution in [0.3, 0.4) is 0 Å². The van der Waals surface area contributed by atoms with Crippen molar-refractivity contribution in [2.24, 2.45) is 0 Å². The fourth-order valence-corrected chi connectivity index (χ4v) is 1.58. The quantitative estimate of drug-likeness (QED) is 0.856. The molecule has 0 bridgehead atoms. The summed E-state index contributed by atoms with van der Waals surface area (Å²) < 4.78 is 10.0. The molecule has 1 heterocycles. The summed E-state index contributed by atoms with van der Waals surface area (Å²) in [5, 5.41) is 9.73. The van der Waals surface area contributed by atoms with Crippen LogP contribution in [0.4, 0.5) is 0 Å². The van der Waals surface area contributed by atoms with E-state index in [0.29, 0.717) is 5.56 Å². The van der Waals surface area contributed by atoms with Gasteiger partial charge >= 0.3 is 5.97 Å². The highest BCUT2D eigenvalue weighted by Crippen LogP contribution is 2.27. The van der Waals surface area contributed by atoms with E-state index in [2.05, 4.69) is 0 Å². The molecule has 0 saturated heterocycles. The molecule has 2 aromatic rings. The molecular weight excluding hydrogens is 248 g/mol. The van der Waals surface area contributed by atoms with Crippen molar-refractivity contribution in [3.05, 3.63) is 52.4 Å². The van der Waals surface area contributed by atoms with Crippen molar-refractivity contribution in [1.82, 2.24) is 0 Å². The van der Waals surface area contributed by atoms with E-state index >= 15 is 0 Å². The number of benzene rings is 1. The van der Waals surface area contributed by atoms with Crippen molar-refractivity contribution in [3.63, 3.8) is 0 Å². The van der Waals surface area contributed by atoms with Crippen LogP contribution < -0.4 is 5.43 Å². The average Bonchev–Trinajstić information content (AvgIpc) is 2.43. The van der Waals surface area contributed by atoms with Crippen LogP contribution in [-0.2, 0) is 4.74 Å². The first kappa shape index (κ1) is 12.9. The lowest BCUT2D eigenvalue weighted by molar-refractivity contribution is 0.0488. The van der Waals surface area contributed by atoms with Gasteiger partial charge in [-0.15, -0.1) is 0 Å². The summed E-state index contributed by atoms with van der Waals surface area (Å²) in [4.78, 5) is 23.2. The molecule has 0 radical (unpaired) electrons. The Morgan fingerprint density at radius 1 is 1.32 bits per heavy atom. The highest BCUT2D eigenvalue weighted by Gasteiger charge is 2.18. The van der Waals surface area contributed by atoms with Crippen molar-refractivity contribution in [1.29, 1.82) is 0 Å². The second-order valence-electron chi connectivity index (χ2n) is 3.74. The summed E-state index contributed by atoms with van der Waals surface area (Å²) in [5.41, 5.74) is -0.184. The monoisotopic (exact) mass is 260 g/mol. The van der Waals surface area contributed by atoms with Gasteiger partial charge in [0.05, 0.1) is 6.61 Å². The Hall–Kier alpha value is -2.56. The molecule has 0 amide bonds. The molecule has 98 valence electrons. The lowest BCUT2D eigenvalue weighted by atomic mass is 10.1. The molecule has 19 heavy (non-hydrogen) atoms. The number of ether oxygens (including phenoxy) is 1. The van der Waals surface area contributed by atoms with Gasteiger partial charge in [-0.1, -0.05) is 30.3 Å². The molecule has 0 unspecified atom stereocenters. The average molecular weight is 260 g/mol. The van der Waals surface area contributed by atoms with Gasteiger partial charge in [-0.25, -0.2) is 4.79 Å². The lowest BCUT2D eigenvalue weighted by Gasteiger charge is -2.06. The van der Waals surface area contributed by atoms with Gasteiger partial charge in [-0.05, 0) is 6.92 Å². The summed E-state index contributed by atoms with van der Waals surface area (Å²) in [7, 11) is 0. The Kier molecular flexibility index (Phi) is 3.66. The molecule has 5 heteroatoms. The number of hydrogen-bond donors (Lipinski definition) is 1. The van der Waals surface area contributed by atoms with E-state index in [9.17, 15) is 14.7 Å². The number of carbonyl (C=O) groups is 1. The highest BCUT2D eigenvalue weighted by molar-refractivity contribution is 5.87. The number of rotatable bonds is 3. The largest absolute Gasteiger partial charge is 0.502 e. The second-order valence-corrected chi connectivity index (χ2v) is 3.74. The predicted molar refractivity (Wildman–Crippen MR) is 68.0 cm³/mol. The van der Waals surface area contributed by atoms with Crippen molar-refractivity contribution in [2.45, 2.75) is 6.92 Å². The smallest absolute Gasteiger partial charge is 0.374 e. The van der Waals surface area contributed by atoms with Crippen LogP contribution in [0.2, 0.25) is 0 Å². The van der Waals surface area contributed by atoms with E-state index in [1.165, 1.54) is 0 Å². The molecule has 2 rings (SSSR count). The molecule has 1 N–H and O–H groups in total. The Bertz CT molecular complexity index is 643. The number of hydrogen-bond acceptors (Lipinski definition) is 5. The summed E-state index contributed by atoms with van der Waals surface area (Å²) in [6, 6.07) is 9.48. The molecule has 0 aliphatic heterocycles. The van der Waals surface area contributed by atoms with E-state index in [0.717, 1.165) is 6.07 Å². The Balaban J connectivity index is 2.56. The summed E-state index contributed by atoms with van der Waals surface area (Å²) in [5.74, 6) is -1.55. The van der Waals surface area contributed by atoms with Gasteiger partial charge < -0.3 is 14.3 Å². The number of esters is 1. The van der Waals surface area contributed by atoms with E-state index in [-0.39, 0.29) is 18.1 Å². The first-order valence-corrected chi connectivity index (χ1v) is 5.73. The van der Waals surface area contributed by atoms with Crippen molar-refractivity contribution >= 4 is 5.97 Å². The van der Waals surface area contributed by atoms with Crippen molar-refractivity contribution in [3.8, 4) is 17.1 Å². The molecule has 0 fully saturated rings. The van der Waals surface area contributed by atoms with E-state index in [4.69, 9.17) is 9.15 Å². The third kappa shape index (κ3) is 2.65. The van der Waals surface area contributed by atoms with E-state index in [1.54, 1.807) is 37.3 Å². The SMILES string of the molecule is CCOC(=O)c1cc(=O)c(O)c(-c2ccccc2)o1. The maximum Gasteiger partial charge on any atom is 0.374 e. The minimum atomic E-state index is -0.739. The van der Waals surface area contributed by atoms with Gasteiger partial charge in [0.25, 0.3) is 0 Å². The topological polar surface area (TPSA) is 76.7 Å². The second kappa shape index (κ2) is 5.39. The summed E-state index contributed by atoms with van der Waals surface area (Å²) >= 11 is 0. The third-order valence-electron chi connectivity index (χ3n) is 2.44. The van der Waals surface area contributed by atoms with Crippen molar-refractivity contribution in [2.75, 3.05) is 6.61 Å². The zero-order valence-electron chi connectivity index (χ0n) is 10.3. The van der Waals surface area contributed by atoms with Crippen LogP contribution in [0.1, 0.15) is 17.5 Å². The van der Waals surface area contributed by atoms with Gasteiger partial charge in [0.1, 0.15) is 0 Å². The summed E-state index contributed by atoms with van der Waals surface area (Å²) in [6.07, 6.45) is 0. The predicted octanol–water partition coefficient (Wildman–Crippen LogP) is 2.19. The van der Waals surface area contributed by atoms with Crippen LogP contribution in [-0.4, -0.2) is 17.7 Å². The van der Waals surface area contributed by atoms with Gasteiger partial charge in [0.2, 0.25) is 16.9 Å². The third-order valence-corrected chi connectivity index (χ3v) is 2.44. The van der Waals surface area contributed by atoms with Crippen LogP contribution >= 0.6 is 0 Å². The molecule has 1 aromatic carbocycles. The van der Waals surface area contributed by atoms with Gasteiger partial charge in [0, 0.05) is 11.6 Å². The number of aromatic hydroxyl groups is 1. The molecule has 0 atom stereocenters. The minimum Gasteiger partial charge on any atom is -0.502 e. The first-order valence-electron chi connectivity index (χ1n) is 5.73. The van der Waals surface area contributed by atoms with Crippen LogP contribution in [0.5, 0.6) is 5.75 Å². The minimum absolute atomic E-state index is 0.0452. The molecular formula is C14H12O5. The first-order chi connectivity index (χ1) is 9.13. The fourth-order valence-electron chi connectivity index (χ4n) is 1.58. The van der Waals surface area contributed by atoms with Crippen molar-refractivity contribution < 1.29 is 19.1 Å². The number of carbonyl (C=O) groups excluding carboxylic acids is 1. The van der Waals surface area contributed by atoms with E-state index in [1.807, 2.05) is 0 Å². The zero-order valence-corrected chi connectivity index (χ0v) is 10.3. The molecule has 0 aliphatic carbocycles. The van der Waals surface area contributed by atoms with Crippen LogP contribution in [0, 0.1) is 0 Å². The Morgan fingerprint density at radius 3 is 2.63 bits per heavy atom. The Labute approximate surface area is 109 Å². The fraction of sp³-hybridized carbons (Fsp3) is 0.143. The normalized spacial score (nSPS) is 10.2. The molecule has 0 saturated carbocycles. The molecule has 0 spiro atoms. The summed E-state index contributed by atoms with van der Waals surface area (Å²) in [6.45, 7) is 1.82. The lowest BCUT2D eigenvalue weighted by Crippen LogP contribution is -2.10. The maximum absolute atomic E-state index is 11.6. The highest BCUT2D eigenvalue weighted by atomic mass is 16.5. The van der Waals surface area contributed by atoms with Crippen LogP contribution in [0.25, 0.3) is 11.3 Å². The molecule has 5 nitrogen and oxygen atoms in total. The van der Waals surface area contributed by atoms with Gasteiger partial charge in [-0.2, -0.15) is 0 Å². The molecule has 1 aromatic heterocycles. The standard InChI is InChI=1S/C14H12O5/c1-2-18-14(17)11-8-10(15)12(16)13(19-11)9-6-4-3-5-7-9/h3-8,16H,2H2,1H3. The van der Waals surface area contributed by atoms with Crippen LogP contribution in [0.15, 0.2) is 45.6 Å². The zero-order chi connectivity index (χ0) is 13.8. The van der Waals surface area contributed by atoms with E-state index < -0.39 is 17.1 Å². The van der Waals surface area contributed by atoms with Gasteiger partial charge in [0.15, 0.2) is 5.76 Å². The Morgan fingerprint density at radius 2 is 2.00 bits per heavy atom.